The van der Waals surface area contributed by atoms with Gasteiger partial charge in [0.25, 0.3) is 0 Å². The zero-order valence-corrected chi connectivity index (χ0v) is 9.39. The second-order valence-corrected chi connectivity index (χ2v) is 4.49. The Morgan fingerprint density at radius 3 is 3.12 bits per heavy atom. The maximum absolute atomic E-state index is 11.6. The van der Waals surface area contributed by atoms with Gasteiger partial charge in [0.15, 0.2) is 0 Å². The van der Waals surface area contributed by atoms with Gasteiger partial charge in [-0.05, 0) is 19.4 Å². The smallest absolute Gasteiger partial charge is 0.227 e. The summed E-state index contributed by atoms with van der Waals surface area (Å²) in [4.78, 5) is 20.1. The monoisotopic (exact) mass is 217 g/mol. The molecular formula is C12H15N3O. The molecule has 1 fully saturated rings. The van der Waals surface area contributed by atoms with Gasteiger partial charge in [0.1, 0.15) is 5.84 Å². The zero-order chi connectivity index (χ0) is 11.1. The normalized spacial score (nSPS) is 28.3. The number of carbonyl (C=O) groups is 1. The topological polar surface area (TPSA) is 35.9 Å². The lowest BCUT2D eigenvalue weighted by Gasteiger charge is -2.26. The maximum Gasteiger partial charge on any atom is 0.227 e. The van der Waals surface area contributed by atoms with Crippen LogP contribution in [0, 0.1) is 0 Å². The van der Waals surface area contributed by atoms with Crippen LogP contribution >= 0.6 is 0 Å². The van der Waals surface area contributed by atoms with Gasteiger partial charge in [0.2, 0.25) is 5.91 Å². The van der Waals surface area contributed by atoms with E-state index in [0.717, 1.165) is 31.0 Å². The summed E-state index contributed by atoms with van der Waals surface area (Å²) < 4.78 is 0. The lowest BCUT2D eigenvalue weighted by Crippen LogP contribution is -2.33. The van der Waals surface area contributed by atoms with Crippen molar-refractivity contribution in [2.75, 3.05) is 13.1 Å². The Morgan fingerprint density at radius 1 is 1.50 bits per heavy atom. The fraction of sp³-hybridized carbons (Fsp3) is 0.500. The molecule has 4 heteroatoms. The number of likely N-dealkylation sites (tertiary alicyclic amines) is 1. The largest absolute Gasteiger partial charge is 0.329 e. The zero-order valence-electron chi connectivity index (χ0n) is 9.39. The van der Waals surface area contributed by atoms with Crippen molar-refractivity contribution in [1.29, 1.82) is 0 Å². The van der Waals surface area contributed by atoms with Crippen LogP contribution in [0.25, 0.3) is 0 Å². The Morgan fingerprint density at radius 2 is 2.38 bits per heavy atom. The summed E-state index contributed by atoms with van der Waals surface area (Å²) in [5, 5.41) is 0. The summed E-state index contributed by atoms with van der Waals surface area (Å²) >= 11 is 0. The van der Waals surface area contributed by atoms with E-state index in [4.69, 9.17) is 0 Å². The number of hydrogen-bond donors (Lipinski definition) is 0. The van der Waals surface area contributed by atoms with Gasteiger partial charge in [0.05, 0.1) is 12.6 Å². The van der Waals surface area contributed by atoms with Crippen molar-refractivity contribution in [3.05, 3.63) is 24.0 Å². The molecule has 4 nitrogen and oxygen atoms in total. The van der Waals surface area contributed by atoms with E-state index >= 15 is 0 Å². The standard InChI is InChI=1S/C12H15N3O/c1-9-8-13-11-7-10(4-6-14(9)11)15-5-2-3-12(15)16/h4,6-7,9H,2-3,5,8H2,1H3. The number of amidine groups is 1. The number of allylic oxidation sites excluding steroid dienone is 1. The molecule has 1 saturated heterocycles. The molecule has 3 heterocycles. The molecule has 0 saturated carbocycles. The third-order valence-corrected chi connectivity index (χ3v) is 3.32. The van der Waals surface area contributed by atoms with Gasteiger partial charge in [0, 0.05) is 30.9 Å². The van der Waals surface area contributed by atoms with E-state index in [-0.39, 0.29) is 5.91 Å². The van der Waals surface area contributed by atoms with Crippen LogP contribution < -0.4 is 0 Å². The summed E-state index contributed by atoms with van der Waals surface area (Å²) in [5.41, 5.74) is 0.992. The predicted octanol–water partition coefficient (Wildman–Crippen LogP) is 1.12. The molecule has 0 bridgehead atoms. The highest BCUT2D eigenvalue weighted by Gasteiger charge is 2.28. The highest BCUT2D eigenvalue weighted by molar-refractivity contribution is 5.98. The van der Waals surface area contributed by atoms with Crippen LogP contribution in [0.15, 0.2) is 29.0 Å². The highest BCUT2D eigenvalue weighted by atomic mass is 16.2. The number of nitrogens with zero attached hydrogens (tertiary/aromatic N) is 3. The van der Waals surface area contributed by atoms with E-state index in [1.165, 1.54) is 0 Å². The van der Waals surface area contributed by atoms with Crippen LogP contribution in [-0.4, -0.2) is 40.7 Å². The van der Waals surface area contributed by atoms with Gasteiger partial charge in [-0.1, -0.05) is 0 Å². The minimum Gasteiger partial charge on any atom is -0.329 e. The number of hydrogen-bond acceptors (Lipinski definition) is 3. The fourth-order valence-corrected chi connectivity index (χ4v) is 2.39. The Labute approximate surface area is 94.9 Å². The summed E-state index contributed by atoms with van der Waals surface area (Å²) in [6, 6.07) is 0.443. The summed E-state index contributed by atoms with van der Waals surface area (Å²) in [5.74, 6) is 1.22. The van der Waals surface area contributed by atoms with Gasteiger partial charge in [-0.3, -0.25) is 9.79 Å². The molecular weight excluding hydrogens is 202 g/mol. The SMILES string of the molecule is CC1CN=C2C=C(N3CCCC3=O)C=CN21. The van der Waals surface area contributed by atoms with Gasteiger partial charge in [-0.15, -0.1) is 0 Å². The van der Waals surface area contributed by atoms with Crippen molar-refractivity contribution in [3.63, 3.8) is 0 Å². The van der Waals surface area contributed by atoms with Crippen molar-refractivity contribution in [1.82, 2.24) is 9.80 Å². The van der Waals surface area contributed by atoms with Crippen LogP contribution in [-0.2, 0) is 4.79 Å². The minimum absolute atomic E-state index is 0.232. The van der Waals surface area contributed by atoms with E-state index in [9.17, 15) is 4.79 Å². The lowest BCUT2D eigenvalue weighted by molar-refractivity contribution is -0.125. The molecule has 0 aliphatic carbocycles. The van der Waals surface area contributed by atoms with Crippen LogP contribution in [0.2, 0.25) is 0 Å². The molecule has 0 aromatic carbocycles. The average molecular weight is 217 g/mol. The van der Waals surface area contributed by atoms with Crippen molar-refractivity contribution in [2.45, 2.75) is 25.8 Å². The highest BCUT2D eigenvalue weighted by Crippen LogP contribution is 2.23. The Bertz CT molecular complexity index is 422. The number of carbonyl (C=O) groups excluding carboxylic acids is 1. The fourth-order valence-electron chi connectivity index (χ4n) is 2.39. The third-order valence-electron chi connectivity index (χ3n) is 3.32. The average Bonchev–Trinajstić information content (AvgIpc) is 2.86. The molecule has 0 radical (unpaired) electrons. The first-order chi connectivity index (χ1) is 7.75. The first kappa shape index (κ1) is 9.63. The van der Waals surface area contributed by atoms with Gasteiger partial charge < -0.3 is 9.80 Å². The molecule has 3 aliphatic rings. The molecule has 3 aliphatic heterocycles. The Hall–Kier alpha value is -1.58. The van der Waals surface area contributed by atoms with Crippen LogP contribution in [0.4, 0.5) is 0 Å². The van der Waals surface area contributed by atoms with Crippen molar-refractivity contribution in [2.24, 2.45) is 4.99 Å². The molecule has 0 aromatic rings. The Kier molecular flexibility index (Phi) is 2.09. The summed E-state index contributed by atoms with van der Waals surface area (Å²) in [6.07, 6.45) is 7.72. The van der Waals surface area contributed by atoms with E-state index in [1.54, 1.807) is 0 Å². The molecule has 0 N–H and O–H groups in total. The quantitative estimate of drug-likeness (QED) is 0.660. The number of fused-ring (bicyclic) bond motifs is 1. The Balaban J connectivity index is 1.86. The van der Waals surface area contributed by atoms with Crippen LogP contribution in [0.1, 0.15) is 19.8 Å². The molecule has 0 spiro atoms. The van der Waals surface area contributed by atoms with E-state index in [0.29, 0.717) is 12.5 Å². The molecule has 84 valence electrons. The number of amides is 1. The van der Waals surface area contributed by atoms with Gasteiger partial charge in [-0.25, -0.2) is 0 Å². The number of aliphatic imine (C=N–C) groups is 1. The summed E-state index contributed by atoms with van der Waals surface area (Å²) in [7, 11) is 0. The van der Waals surface area contributed by atoms with E-state index in [1.807, 2.05) is 23.3 Å². The molecule has 3 rings (SSSR count). The second-order valence-electron chi connectivity index (χ2n) is 4.49. The first-order valence-corrected chi connectivity index (χ1v) is 5.79. The van der Waals surface area contributed by atoms with E-state index < -0.39 is 0 Å². The maximum atomic E-state index is 11.6. The van der Waals surface area contributed by atoms with E-state index in [2.05, 4.69) is 16.8 Å². The van der Waals surface area contributed by atoms with Crippen LogP contribution in [0.3, 0.4) is 0 Å². The molecule has 1 unspecified atom stereocenters. The predicted molar refractivity (Wildman–Crippen MR) is 61.8 cm³/mol. The van der Waals surface area contributed by atoms with Gasteiger partial charge in [-0.2, -0.15) is 0 Å². The third kappa shape index (κ3) is 1.37. The lowest BCUT2D eigenvalue weighted by atomic mass is 10.2. The second kappa shape index (κ2) is 3.47. The molecule has 1 atom stereocenters. The van der Waals surface area contributed by atoms with Crippen molar-refractivity contribution >= 4 is 11.7 Å². The number of rotatable bonds is 1. The summed E-state index contributed by atoms with van der Waals surface area (Å²) in [6.45, 7) is 3.84. The molecule has 1 amide bonds. The van der Waals surface area contributed by atoms with Gasteiger partial charge >= 0.3 is 0 Å². The first-order valence-electron chi connectivity index (χ1n) is 5.79. The molecule has 16 heavy (non-hydrogen) atoms. The molecule has 0 aromatic heterocycles. The van der Waals surface area contributed by atoms with Crippen molar-refractivity contribution < 1.29 is 4.79 Å². The van der Waals surface area contributed by atoms with Crippen molar-refractivity contribution in [3.8, 4) is 0 Å². The van der Waals surface area contributed by atoms with Crippen LogP contribution in [0.5, 0.6) is 0 Å². The minimum atomic E-state index is 0.232.